The number of H-pyrrole nitrogens is 1. The maximum absolute atomic E-state index is 12.4. The van der Waals surface area contributed by atoms with Gasteiger partial charge in [0, 0.05) is 62.5 Å². The predicted octanol–water partition coefficient (Wildman–Crippen LogP) is 5.54. The summed E-state index contributed by atoms with van der Waals surface area (Å²) in [6.07, 6.45) is 5.12. The molecule has 0 spiro atoms. The van der Waals surface area contributed by atoms with Crippen molar-refractivity contribution in [2.24, 2.45) is 0 Å². The molecule has 2 unspecified atom stereocenters. The number of anilines is 2. The second-order valence-electron chi connectivity index (χ2n) is 9.10. The molecule has 0 bridgehead atoms. The summed E-state index contributed by atoms with van der Waals surface area (Å²) in [4.78, 5) is 30.6. The molecule has 0 saturated carbocycles. The molecule has 1 fully saturated rings. The third-order valence-electron chi connectivity index (χ3n) is 6.65. The zero-order valence-electron chi connectivity index (χ0n) is 21.0. The fourth-order valence-corrected chi connectivity index (χ4v) is 7.12. The largest absolute Gasteiger partial charge is 0.467 e. The minimum Gasteiger partial charge on any atom is -0.467 e. The van der Waals surface area contributed by atoms with Crippen molar-refractivity contribution in [2.45, 2.75) is 38.7 Å². The van der Waals surface area contributed by atoms with E-state index < -0.39 is 0 Å². The number of nitrogens with one attached hydrogen (secondary N) is 2. The van der Waals surface area contributed by atoms with Crippen LogP contribution in [0.5, 0.6) is 6.01 Å². The van der Waals surface area contributed by atoms with Crippen molar-refractivity contribution in [3.8, 4) is 6.01 Å². The molecule has 0 amide bonds. The number of benzene rings is 2. The Bertz CT molecular complexity index is 1510. The van der Waals surface area contributed by atoms with Gasteiger partial charge in [0.1, 0.15) is 11.8 Å². The zero-order chi connectivity index (χ0) is 26.1. The molecule has 1 saturated heterocycles. The van der Waals surface area contributed by atoms with Crippen LogP contribution < -0.4 is 20.5 Å². The predicted molar refractivity (Wildman–Crippen MR) is 150 cm³/mol. The van der Waals surface area contributed by atoms with Gasteiger partial charge < -0.3 is 24.7 Å². The molecule has 2 aliphatic rings. The Morgan fingerprint density at radius 3 is 2.79 bits per heavy atom. The van der Waals surface area contributed by atoms with Gasteiger partial charge in [0.15, 0.2) is 0 Å². The highest BCUT2D eigenvalue weighted by Gasteiger charge is 2.29. The van der Waals surface area contributed by atoms with Crippen LogP contribution in [0.3, 0.4) is 0 Å². The Hall–Kier alpha value is -3.47. The number of ether oxygens (including phenoxy) is 2. The lowest BCUT2D eigenvalue weighted by molar-refractivity contribution is 0.0378. The van der Waals surface area contributed by atoms with Gasteiger partial charge in [-0.25, -0.2) is 9.97 Å². The van der Waals surface area contributed by atoms with Gasteiger partial charge in [-0.2, -0.15) is 0 Å². The van der Waals surface area contributed by atoms with Gasteiger partial charge in [0.05, 0.1) is 19.8 Å². The standard InChI is InChI=1S/C28H27N5O3S2/c1-17(18-14-30-28(35-2)31-15-18)32-19-8-9-23-25(13-19)37-24-7-3-5-20(26(24)38-23)22-16-33(11-12-36-22)21-6-4-10-29-27(21)34/h3-10,13-15,17,22,32H,11-12,16H2,1-2H3,(H,29,34). The van der Waals surface area contributed by atoms with Gasteiger partial charge in [-0.15, -0.1) is 0 Å². The fourth-order valence-electron chi connectivity index (χ4n) is 4.67. The second-order valence-corrected chi connectivity index (χ2v) is 11.2. The molecule has 10 heteroatoms. The van der Waals surface area contributed by atoms with Crippen molar-refractivity contribution in [1.82, 2.24) is 15.0 Å². The van der Waals surface area contributed by atoms with Crippen LogP contribution in [-0.4, -0.2) is 41.8 Å². The summed E-state index contributed by atoms with van der Waals surface area (Å²) in [7, 11) is 1.56. The molecule has 4 aromatic rings. The van der Waals surface area contributed by atoms with Gasteiger partial charge in [-0.3, -0.25) is 4.79 Å². The zero-order valence-corrected chi connectivity index (χ0v) is 22.6. The first-order chi connectivity index (χ1) is 18.6. The minimum absolute atomic E-state index is 0.0438. The van der Waals surface area contributed by atoms with Gasteiger partial charge in [0.25, 0.3) is 5.56 Å². The lowest BCUT2D eigenvalue weighted by Crippen LogP contribution is -2.41. The highest BCUT2D eigenvalue weighted by molar-refractivity contribution is 8.05. The van der Waals surface area contributed by atoms with E-state index in [9.17, 15) is 4.79 Å². The average Bonchev–Trinajstić information content (AvgIpc) is 2.96. The monoisotopic (exact) mass is 545 g/mol. The summed E-state index contributed by atoms with van der Waals surface area (Å²) in [5, 5.41) is 3.56. The SMILES string of the molecule is COc1ncc(C(C)Nc2ccc3c(c2)Sc2cccc(C4CN(c5ccc[nH]c5=O)CCO4)c2S3)cn1. The van der Waals surface area contributed by atoms with Gasteiger partial charge in [0.2, 0.25) is 0 Å². The Kier molecular flexibility index (Phi) is 7.01. The van der Waals surface area contributed by atoms with Crippen molar-refractivity contribution >= 4 is 34.9 Å². The molecule has 2 atom stereocenters. The number of rotatable bonds is 6. The van der Waals surface area contributed by atoms with Crippen LogP contribution in [0.4, 0.5) is 11.4 Å². The minimum atomic E-state index is -0.110. The quantitative estimate of drug-likeness (QED) is 0.285. The van der Waals surface area contributed by atoms with E-state index >= 15 is 0 Å². The first-order valence-corrected chi connectivity index (χ1v) is 14.0. The normalized spacial score (nSPS) is 17.3. The number of hydrogen-bond donors (Lipinski definition) is 2. The Balaban J connectivity index is 1.20. The second kappa shape index (κ2) is 10.7. The van der Waals surface area contributed by atoms with E-state index in [0.717, 1.165) is 16.8 Å². The van der Waals surface area contributed by atoms with Crippen LogP contribution in [0.15, 0.2) is 91.5 Å². The number of hydrogen-bond acceptors (Lipinski definition) is 9. The molecule has 0 radical (unpaired) electrons. The van der Waals surface area contributed by atoms with Gasteiger partial charge >= 0.3 is 6.01 Å². The van der Waals surface area contributed by atoms with Gasteiger partial charge in [-0.1, -0.05) is 35.7 Å². The summed E-state index contributed by atoms with van der Waals surface area (Å²) in [5.41, 5.74) is 3.81. The molecule has 194 valence electrons. The number of aromatic nitrogens is 3. The highest BCUT2D eigenvalue weighted by Crippen LogP contribution is 2.52. The molecular weight excluding hydrogens is 518 g/mol. The smallest absolute Gasteiger partial charge is 0.316 e. The van der Waals surface area contributed by atoms with E-state index in [1.807, 2.05) is 12.1 Å². The van der Waals surface area contributed by atoms with Crippen LogP contribution >= 0.6 is 23.5 Å². The third-order valence-corrected chi connectivity index (χ3v) is 9.26. The molecule has 38 heavy (non-hydrogen) atoms. The number of aromatic amines is 1. The summed E-state index contributed by atoms with van der Waals surface area (Å²) in [6, 6.07) is 17.0. The number of pyridine rings is 1. The van der Waals surface area contributed by atoms with E-state index in [1.54, 1.807) is 49.2 Å². The lowest BCUT2D eigenvalue weighted by Gasteiger charge is -2.35. The van der Waals surface area contributed by atoms with Gasteiger partial charge in [-0.05, 0) is 48.9 Å². The summed E-state index contributed by atoms with van der Waals surface area (Å²) in [6.45, 7) is 3.99. The maximum Gasteiger partial charge on any atom is 0.316 e. The molecule has 4 heterocycles. The molecule has 8 nitrogen and oxygen atoms in total. The van der Waals surface area contributed by atoms with Crippen molar-refractivity contribution in [3.05, 3.63) is 88.6 Å². The molecular formula is C28H27N5O3S2. The number of nitrogens with zero attached hydrogens (tertiary/aromatic N) is 3. The average molecular weight is 546 g/mol. The molecule has 2 aliphatic heterocycles. The Morgan fingerprint density at radius 1 is 1.11 bits per heavy atom. The molecule has 6 rings (SSSR count). The van der Waals surface area contributed by atoms with E-state index in [0.29, 0.717) is 31.4 Å². The Labute approximate surface area is 229 Å². The fraction of sp³-hybridized carbons (Fsp3) is 0.250. The maximum atomic E-state index is 12.4. The van der Waals surface area contributed by atoms with E-state index in [2.05, 4.69) is 68.5 Å². The molecule has 0 aliphatic carbocycles. The third kappa shape index (κ3) is 4.99. The van der Waals surface area contributed by atoms with Crippen molar-refractivity contribution in [3.63, 3.8) is 0 Å². The molecule has 2 aromatic carbocycles. The van der Waals surface area contributed by atoms with Crippen molar-refractivity contribution in [2.75, 3.05) is 37.0 Å². The number of morpholine rings is 1. The first-order valence-electron chi connectivity index (χ1n) is 12.4. The van der Waals surface area contributed by atoms with Crippen LogP contribution in [0.25, 0.3) is 0 Å². The van der Waals surface area contributed by atoms with E-state index in [-0.39, 0.29) is 17.7 Å². The lowest BCUT2D eigenvalue weighted by atomic mass is 10.1. The van der Waals surface area contributed by atoms with Crippen molar-refractivity contribution in [1.29, 1.82) is 0 Å². The topological polar surface area (TPSA) is 92.4 Å². The van der Waals surface area contributed by atoms with E-state index in [4.69, 9.17) is 9.47 Å². The summed E-state index contributed by atoms with van der Waals surface area (Å²) < 4.78 is 11.3. The summed E-state index contributed by atoms with van der Waals surface area (Å²) in [5.74, 6) is 0. The number of methoxy groups -OCH3 is 1. The van der Waals surface area contributed by atoms with Crippen LogP contribution in [0, 0.1) is 0 Å². The van der Waals surface area contributed by atoms with Crippen LogP contribution in [0.2, 0.25) is 0 Å². The van der Waals surface area contributed by atoms with Crippen LogP contribution in [-0.2, 0) is 4.74 Å². The highest BCUT2D eigenvalue weighted by atomic mass is 32.2. The Morgan fingerprint density at radius 2 is 1.97 bits per heavy atom. The number of fused-ring (bicyclic) bond motifs is 2. The van der Waals surface area contributed by atoms with Crippen molar-refractivity contribution < 1.29 is 9.47 Å². The molecule has 2 aromatic heterocycles. The summed E-state index contributed by atoms with van der Waals surface area (Å²) >= 11 is 3.56. The molecule has 2 N–H and O–H groups in total. The first kappa shape index (κ1) is 24.8. The van der Waals surface area contributed by atoms with E-state index in [1.165, 1.54) is 19.6 Å². The van der Waals surface area contributed by atoms with Crippen LogP contribution in [0.1, 0.15) is 30.2 Å².